The minimum Gasteiger partial charge on any atom is -0.508 e. The highest BCUT2D eigenvalue weighted by Gasteiger charge is 2.17. The van der Waals surface area contributed by atoms with E-state index in [1.165, 1.54) is 25.3 Å². The molecule has 0 aliphatic rings. The summed E-state index contributed by atoms with van der Waals surface area (Å²) in [7, 11) is 1.42. The van der Waals surface area contributed by atoms with Crippen LogP contribution in [0.3, 0.4) is 0 Å². The van der Waals surface area contributed by atoms with E-state index in [9.17, 15) is 15.0 Å². The molecule has 0 saturated heterocycles. The number of phenolic OH excluding ortho intramolecular Hbond substituents is 2. The number of anilines is 1. The summed E-state index contributed by atoms with van der Waals surface area (Å²) in [6.07, 6.45) is 0. The number of carbonyl (C=O) groups is 1. The van der Waals surface area contributed by atoms with Crippen molar-refractivity contribution >= 4 is 11.6 Å². The van der Waals surface area contributed by atoms with Crippen LogP contribution in [0.5, 0.6) is 17.2 Å². The molecule has 1 amide bonds. The third-order valence-electron chi connectivity index (χ3n) is 2.56. The number of benzene rings is 2. The van der Waals surface area contributed by atoms with Crippen LogP contribution < -0.4 is 10.1 Å². The quantitative estimate of drug-likeness (QED) is 0.790. The molecule has 5 nitrogen and oxygen atoms in total. The maximum Gasteiger partial charge on any atom is 0.263 e. The Bertz CT molecular complexity index is 610. The third kappa shape index (κ3) is 2.77. The van der Waals surface area contributed by atoms with E-state index < -0.39 is 5.91 Å². The lowest BCUT2D eigenvalue weighted by Crippen LogP contribution is -2.13. The van der Waals surface area contributed by atoms with E-state index in [0.29, 0.717) is 5.69 Å². The summed E-state index contributed by atoms with van der Waals surface area (Å²) in [4.78, 5) is 12.1. The molecule has 5 heteroatoms. The molecule has 98 valence electrons. The fourth-order valence-corrected chi connectivity index (χ4v) is 1.70. The molecule has 0 heterocycles. The first kappa shape index (κ1) is 12.8. The molecule has 0 atom stereocenters. The Morgan fingerprint density at radius 3 is 2.58 bits per heavy atom. The summed E-state index contributed by atoms with van der Waals surface area (Å²) in [6.45, 7) is 0. The van der Waals surface area contributed by atoms with Gasteiger partial charge in [0, 0.05) is 11.8 Å². The maximum atomic E-state index is 12.1. The summed E-state index contributed by atoms with van der Waals surface area (Å²) in [5.41, 5.74) is 0.476. The van der Waals surface area contributed by atoms with E-state index in [1.54, 1.807) is 24.3 Å². The summed E-state index contributed by atoms with van der Waals surface area (Å²) in [6, 6.07) is 10.7. The van der Waals surface area contributed by atoms with Gasteiger partial charge in [0.1, 0.15) is 22.8 Å². The SMILES string of the molecule is COc1cccc(O)c1C(=O)Nc1cccc(O)c1. The lowest BCUT2D eigenvalue weighted by Gasteiger charge is -2.10. The van der Waals surface area contributed by atoms with E-state index in [0.717, 1.165) is 0 Å². The van der Waals surface area contributed by atoms with Crippen molar-refractivity contribution in [3.8, 4) is 17.2 Å². The fraction of sp³-hybridized carbons (Fsp3) is 0.0714. The van der Waals surface area contributed by atoms with E-state index in [-0.39, 0.29) is 22.8 Å². The molecule has 0 saturated carbocycles. The van der Waals surface area contributed by atoms with Gasteiger partial charge in [-0.3, -0.25) is 4.79 Å². The molecule has 19 heavy (non-hydrogen) atoms. The minimum absolute atomic E-state index is 0.0436. The number of ether oxygens (including phenoxy) is 1. The Morgan fingerprint density at radius 2 is 1.89 bits per heavy atom. The minimum atomic E-state index is -0.513. The van der Waals surface area contributed by atoms with Gasteiger partial charge >= 0.3 is 0 Å². The number of methoxy groups -OCH3 is 1. The average Bonchev–Trinajstić information content (AvgIpc) is 2.38. The van der Waals surface area contributed by atoms with Crippen LogP contribution in [0.1, 0.15) is 10.4 Å². The first-order valence-electron chi connectivity index (χ1n) is 5.58. The molecule has 2 aromatic carbocycles. The van der Waals surface area contributed by atoms with Crippen molar-refractivity contribution in [2.45, 2.75) is 0 Å². The molecule has 2 rings (SSSR count). The van der Waals surface area contributed by atoms with Crippen LogP contribution in [-0.4, -0.2) is 23.2 Å². The third-order valence-corrected chi connectivity index (χ3v) is 2.56. The van der Waals surface area contributed by atoms with Crippen molar-refractivity contribution in [2.75, 3.05) is 12.4 Å². The molecule has 0 aromatic heterocycles. The van der Waals surface area contributed by atoms with Crippen LogP contribution in [0.2, 0.25) is 0 Å². The van der Waals surface area contributed by atoms with Crippen LogP contribution in [0.15, 0.2) is 42.5 Å². The first-order chi connectivity index (χ1) is 9.11. The smallest absolute Gasteiger partial charge is 0.263 e. The van der Waals surface area contributed by atoms with Crippen LogP contribution in [0.4, 0.5) is 5.69 Å². The largest absolute Gasteiger partial charge is 0.508 e. The van der Waals surface area contributed by atoms with Crippen molar-refractivity contribution < 1.29 is 19.7 Å². The molecular formula is C14H13NO4. The Morgan fingerprint density at radius 1 is 1.16 bits per heavy atom. The highest BCUT2D eigenvalue weighted by molar-refractivity contribution is 6.08. The van der Waals surface area contributed by atoms with E-state index in [1.807, 2.05) is 0 Å². The van der Waals surface area contributed by atoms with Crippen molar-refractivity contribution in [3.63, 3.8) is 0 Å². The highest BCUT2D eigenvalue weighted by Crippen LogP contribution is 2.28. The van der Waals surface area contributed by atoms with Gasteiger partial charge in [-0.15, -0.1) is 0 Å². The van der Waals surface area contributed by atoms with Crippen molar-refractivity contribution in [1.29, 1.82) is 0 Å². The fourth-order valence-electron chi connectivity index (χ4n) is 1.70. The van der Waals surface area contributed by atoms with Gasteiger partial charge in [0.15, 0.2) is 0 Å². The molecule has 0 spiro atoms. The molecule has 2 aromatic rings. The molecule has 0 bridgehead atoms. The maximum absolute atomic E-state index is 12.1. The average molecular weight is 259 g/mol. The highest BCUT2D eigenvalue weighted by atomic mass is 16.5. The van der Waals surface area contributed by atoms with Gasteiger partial charge in [-0.2, -0.15) is 0 Å². The zero-order chi connectivity index (χ0) is 13.8. The molecule has 0 unspecified atom stereocenters. The van der Waals surface area contributed by atoms with E-state index in [4.69, 9.17) is 4.74 Å². The van der Waals surface area contributed by atoms with Gasteiger partial charge in [0.05, 0.1) is 7.11 Å². The van der Waals surface area contributed by atoms with E-state index in [2.05, 4.69) is 5.32 Å². The first-order valence-corrected chi connectivity index (χ1v) is 5.58. The number of hydrogen-bond acceptors (Lipinski definition) is 4. The zero-order valence-electron chi connectivity index (χ0n) is 10.3. The van der Waals surface area contributed by atoms with Crippen molar-refractivity contribution in [2.24, 2.45) is 0 Å². The topological polar surface area (TPSA) is 78.8 Å². The summed E-state index contributed by atoms with van der Waals surface area (Å²) >= 11 is 0. The van der Waals surface area contributed by atoms with Gasteiger partial charge in [-0.05, 0) is 24.3 Å². The van der Waals surface area contributed by atoms with Crippen LogP contribution in [0.25, 0.3) is 0 Å². The number of nitrogens with one attached hydrogen (secondary N) is 1. The molecule has 3 N–H and O–H groups in total. The predicted molar refractivity (Wildman–Crippen MR) is 70.7 cm³/mol. The summed E-state index contributed by atoms with van der Waals surface area (Å²) < 4.78 is 5.04. The summed E-state index contributed by atoms with van der Waals surface area (Å²) in [5, 5.41) is 21.6. The number of carbonyl (C=O) groups excluding carboxylic acids is 1. The van der Waals surface area contributed by atoms with Crippen LogP contribution >= 0.6 is 0 Å². The number of amides is 1. The summed E-state index contributed by atoms with van der Waals surface area (Å²) in [5.74, 6) is -0.364. The predicted octanol–water partition coefficient (Wildman–Crippen LogP) is 2.36. The van der Waals surface area contributed by atoms with Gasteiger partial charge in [0.2, 0.25) is 0 Å². The van der Waals surface area contributed by atoms with Crippen molar-refractivity contribution in [3.05, 3.63) is 48.0 Å². The standard InChI is InChI=1S/C14H13NO4/c1-19-12-7-3-6-11(17)13(12)14(18)15-9-4-2-5-10(16)8-9/h2-8,16-17H,1H3,(H,15,18). The second-order valence-electron chi connectivity index (χ2n) is 3.86. The molecule has 0 aliphatic carbocycles. The number of phenols is 2. The second-order valence-corrected chi connectivity index (χ2v) is 3.86. The van der Waals surface area contributed by atoms with Crippen molar-refractivity contribution in [1.82, 2.24) is 0 Å². The zero-order valence-corrected chi connectivity index (χ0v) is 10.3. The van der Waals surface area contributed by atoms with Gasteiger partial charge in [-0.25, -0.2) is 0 Å². The number of aromatic hydroxyl groups is 2. The second kappa shape index (κ2) is 5.30. The molecule has 0 aliphatic heterocycles. The molecular weight excluding hydrogens is 246 g/mol. The van der Waals surface area contributed by atoms with E-state index >= 15 is 0 Å². The Balaban J connectivity index is 2.30. The Labute approximate surface area is 110 Å². The Kier molecular flexibility index (Phi) is 3.56. The normalized spacial score (nSPS) is 9.95. The van der Waals surface area contributed by atoms with Crippen LogP contribution in [0, 0.1) is 0 Å². The molecule has 0 radical (unpaired) electrons. The van der Waals surface area contributed by atoms with Gasteiger partial charge in [-0.1, -0.05) is 12.1 Å². The monoisotopic (exact) mass is 259 g/mol. The van der Waals surface area contributed by atoms with Gasteiger partial charge in [0.25, 0.3) is 5.91 Å². The lowest BCUT2D eigenvalue weighted by atomic mass is 10.1. The number of hydrogen-bond donors (Lipinski definition) is 3. The van der Waals surface area contributed by atoms with Gasteiger partial charge < -0.3 is 20.3 Å². The van der Waals surface area contributed by atoms with Crippen LogP contribution in [-0.2, 0) is 0 Å². The lowest BCUT2D eigenvalue weighted by molar-refractivity contribution is 0.102. The molecule has 0 fully saturated rings. The Hall–Kier alpha value is -2.69. The number of rotatable bonds is 3.